The Kier molecular flexibility index (Phi) is 6.73. The Morgan fingerprint density at radius 1 is 1.10 bits per heavy atom. The van der Waals surface area contributed by atoms with Crippen molar-refractivity contribution in [3.05, 3.63) is 58.0 Å². The highest BCUT2D eigenvalue weighted by molar-refractivity contribution is 7.17. The van der Waals surface area contributed by atoms with Crippen molar-refractivity contribution in [1.29, 1.82) is 0 Å². The van der Waals surface area contributed by atoms with Crippen molar-refractivity contribution in [2.75, 3.05) is 18.5 Å². The molecule has 3 rings (SSSR count). The van der Waals surface area contributed by atoms with Gasteiger partial charge in [0, 0.05) is 27.7 Å². The van der Waals surface area contributed by atoms with Gasteiger partial charge in [0.05, 0.1) is 12.2 Å². The first kappa shape index (κ1) is 20.7. The summed E-state index contributed by atoms with van der Waals surface area (Å²) in [6.07, 6.45) is 1.39. The normalized spacial score (nSPS) is 10.4. The number of hydrogen-bond donors (Lipinski definition) is 1. The summed E-state index contributed by atoms with van der Waals surface area (Å²) in [5.74, 6) is -1.72. The van der Waals surface area contributed by atoms with Gasteiger partial charge in [-0.2, -0.15) is 0 Å². The van der Waals surface area contributed by atoms with Gasteiger partial charge >= 0.3 is 11.9 Å². The molecule has 150 valence electrons. The average molecular weight is 431 g/mol. The summed E-state index contributed by atoms with van der Waals surface area (Å²) < 4.78 is 10.2. The van der Waals surface area contributed by atoms with E-state index in [0.717, 1.165) is 10.6 Å². The van der Waals surface area contributed by atoms with E-state index >= 15 is 0 Å². The van der Waals surface area contributed by atoms with Gasteiger partial charge in [0.25, 0.3) is 5.91 Å². The van der Waals surface area contributed by atoms with Crippen LogP contribution in [0.25, 0.3) is 10.4 Å². The van der Waals surface area contributed by atoms with E-state index in [9.17, 15) is 14.4 Å². The number of nitrogens with one attached hydrogen (secondary N) is 1. The molecule has 0 aromatic carbocycles. The lowest BCUT2D eigenvalue weighted by atomic mass is 10.1. The molecule has 0 aliphatic heterocycles. The fourth-order valence-electron chi connectivity index (χ4n) is 2.43. The van der Waals surface area contributed by atoms with Crippen molar-refractivity contribution in [2.24, 2.45) is 0 Å². The molecule has 0 atom stereocenters. The Hall–Kier alpha value is -3.04. The van der Waals surface area contributed by atoms with E-state index in [2.05, 4.69) is 10.3 Å². The molecule has 0 fully saturated rings. The third-order valence-electron chi connectivity index (χ3n) is 3.79. The number of aryl methyl sites for hydroxylation is 1. The number of amides is 1. The Morgan fingerprint density at radius 3 is 2.59 bits per heavy atom. The maximum absolute atomic E-state index is 12.4. The van der Waals surface area contributed by atoms with Crippen LogP contribution in [0.1, 0.15) is 33.3 Å². The summed E-state index contributed by atoms with van der Waals surface area (Å²) in [7, 11) is 0. The fraction of sp³-hybridized carbons (Fsp3) is 0.200. The molecule has 3 aromatic rings. The summed E-state index contributed by atoms with van der Waals surface area (Å²) in [6.45, 7) is 3.25. The summed E-state index contributed by atoms with van der Waals surface area (Å²) in [4.78, 5) is 41.7. The van der Waals surface area contributed by atoms with Gasteiger partial charge in [-0.1, -0.05) is 6.07 Å². The number of carbonyl (C=O) groups excluding carboxylic acids is 3. The Balaban J connectivity index is 1.70. The average Bonchev–Trinajstić information content (AvgIpc) is 3.36. The van der Waals surface area contributed by atoms with Gasteiger partial charge < -0.3 is 14.8 Å². The first-order valence-corrected chi connectivity index (χ1v) is 10.5. The molecule has 0 aliphatic carbocycles. The Morgan fingerprint density at radius 2 is 1.93 bits per heavy atom. The molecule has 0 unspecified atom stereocenters. The van der Waals surface area contributed by atoms with Gasteiger partial charge in [-0.15, -0.1) is 22.7 Å². The predicted molar refractivity (Wildman–Crippen MR) is 111 cm³/mol. The molecule has 7 nitrogen and oxygen atoms in total. The van der Waals surface area contributed by atoms with E-state index in [-0.39, 0.29) is 12.2 Å². The molecular formula is C20H18N2O5S2. The number of rotatable bonds is 7. The van der Waals surface area contributed by atoms with Crippen molar-refractivity contribution in [2.45, 2.75) is 13.8 Å². The summed E-state index contributed by atoms with van der Waals surface area (Å²) in [5, 5.41) is 6.68. The van der Waals surface area contributed by atoms with Crippen LogP contribution >= 0.6 is 22.7 Å². The highest BCUT2D eigenvalue weighted by atomic mass is 32.1. The molecule has 0 saturated carbocycles. The molecule has 3 aromatic heterocycles. The van der Waals surface area contributed by atoms with Crippen molar-refractivity contribution in [1.82, 2.24) is 4.98 Å². The second-order valence-electron chi connectivity index (χ2n) is 5.86. The third-order valence-corrected chi connectivity index (χ3v) is 5.59. The second-order valence-corrected chi connectivity index (χ2v) is 7.69. The smallest absolute Gasteiger partial charge is 0.341 e. The molecule has 1 amide bonds. The summed E-state index contributed by atoms with van der Waals surface area (Å²) in [5.41, 5.74) is 2.01. The van der Waals surface area contributed by atoms with Crippen LogP contribution in [0.15, 0.2) is 41.2 Å². The molecule has 0 bridgehead atoms. The lowest BCUT2D eigenvalue weighted by Crippen LogP contribution is -2.21. The molecule has 3 heterocycles. The molecule has 29 heavy (non-hydrogen) atoms. The summed E-state index contributed by atoms with van der Waals surface area (Å²) in [6, 6.07) is 7.02. The zero-order chi connectivity index (χ0) is 20.8. The molecular weight excluding hydrogens is 412 g/mol. The number of anilines is 1. The minimum atomic E-state index is -0.649. The first-order chi connectivity index (χ1) is 14.0. The molecule has 0 spiro atoms. The van der Waals surface area contributed by atoms with Gasteiger partial charge in [0.1, 0.15) is 10.6 Å². The number of pyridine rings is 1. The maximum Gasteiger partial charge on any atom is 0.341 e. The third kappa shape index (κ3) is 5.07. The highest BCUT2D eigenvalue weighted by Crippen LogP contribution is 2.38. The van der Waals surface area contributed by atoms with Crippen molar-refractivity contribution >= 4 is 45.5 Å². The lowest BCUT2D eigenvalue weighted by molar-refractivity contribution is -0.119. The van der Waals surface area contributed by atoms with Crippen molar-refractivity contribution < 1.29 is 23.9 Å². The standard InChI is InChI=1S/C20H18N2O5S2/c1-3-26-20(25)17-14(15-5-4-8-28-15)11-29-18(17)22-16(23)10-27-19(24)13-7-6-12(2)21-9-13/h4-9,11H,3,10H2,1-2H3,(H,22,23). The Labute approximate surface area is 175 Å². The Bertz CT molecular complexity index is 1010. The van der Waals surface area contributed by atoms with Crippen LogP contribution in [-0.4, -0.2) is 36.0 Å². The number of esters is 2. The van der Waals surface area contributed by atoms with E-state index in [0.29, 0.717) is 16.1 Å². The zero-order valence-electron chi connectivity index (χ0n) is 15.8. The van der Waals surface area contributed by atoms with Crippen LogP contribution in [0.4, 0.5) is 5.00 Å². The highest BCUT2D eigenvalue weighted by Gasteiger charge is 2.23. The molecule has 9 heteroatoms. The van der Waals surface area contributed by atoms with Crippen LogP contribution in [0, 0.1) is 6.92 Å². The lowest BCUT2D eigenvalue weighted by Gasteiger charge is -2.08. The van der Waals surface area contributed by atoms with Gasteiger partial charge in [0.2, 0.25) is 0 Å². The number of hydrogen-bond acceptors (Lipinski definition) is 8. The fourth-order valence-corrected chi connectivity index (χ4v) is 4.22. The SMILES string of the molecule is CCOC(=O)c1c(-c2cccs2)csc1NC(=O)COC(=O)c1ccc(C)nc1. The van der Waals surface area contributed by atoms with Crippen LogP contribution in [0.3, 0.4) is 0 Å². The molecule has 1 N–H and O–H groups in total. The van der Waals surface area contributed by atoms with Crippen molar-refractivity contribution in [3.63, 3.8) is 0 Å². The largest absolute Gasteiger partial charge is 0.462 e. The number of nitrogens with zero attached hydrogens (tertiary/aromatic N) is 1. The zero-order valence-corrected chi connectivity index (χ0v) is 17.4. The van der Waals surface area contributed by atoms with Crippen LogP contribution in [-0.2, 0) is 14.3 Å². The maximum atomic E-state index is 12.4. The minimum absolute atomic E-state index is 0.216. The van der Waals surface area contributed by atoms with E-state index in [1.54, 1.807) is 31.4 Å². The van der Waals surface area contributed by atoms with Gasteiger partial charge in [-0.25, -0.2) is 9.59 Å². The first-order valence-electron chi connectivity index (χ1n) is 8.71. The monoisotopic (exact) mass is 430 g/mol. The number of carbonyl (C=O) groups is 3. The van der Waals surface area contributed by atoms with E-state index in [1.165, 1.54) is 28.9 Å². The molecule has 0 radical (unpaired) electrons. The van der Waals surface area contributed by atoms with E-state index in [4.69, 9.17) is 9.47 Å². The molecule has 0 aliphatic rings. The second kappa shape index (κ2) is 9.44. The van der Waals surface area contributed by atoms with E-state index < -0.39 is 24.5 Å². The number of aromatic nitrogens is 1. The van der Waals surface area contributed by atoms with Gasteiger partial charge in [-0.05, 0) is 37.4 Å². The molecule has 0 saturated heterocycles. The van der Waals surface area contributed by atoms with Gasteiger partial charge in [-0.3, -0.25) is 9.78 Å². The predicted octanol–water partition coefficient (Wildman–Crippen LogP) is 4.15. The topological polar surface area (TPSA) is 94.6 Å². The van der Waals surface area contributed by atoms with E-state index in [1.807, 2.05) is 17.5 Å². The number of ether oxygens (including phenoxy) is 2. The number of thiophene rings is 2. The summed E-state index contributed by atoms with van der Waals surface area (Å²) >= 11 is 2.69. The van der Waals surface area contributed by atoms with Gasteiger partial charge in [0.15, 0.2) is 6.61 Å². The van der Waals surface area contributed by atoms with Crippen LogP contribution in [0.5, 0.6) is 0 Å². The van der Waals surface area contributed by atoms with Crippen molar-refractivity contribution in [3.8, 4) is 10.4 Å². The van der Waals surface area contributed by atoms with Crippen LogP contribution < -0.4 is 5.32 Å². The van der Waals surface area contributed by atoms with Crippen LogP contribution in [0.2, 0.25) is 0 Å². The quantitative estimate of drug-likeness (QED) is 0.566. The minimum Gasteiger partial charge on any atom is -0.462 e.